The molecule has 4 rings (SSSR count). The number of halogens is 1. The van der Waals surface area contributed by atoms with Gasteiger partial charge in [0.2, 0.25) is 0 Å². The van der Waals surface area contributed by atoms with Gasteiger partial charge in [-0.15, -0.1) is 0 Å². The predicted molar refractivity (Wildman–Crippen MR) is 122 cm³/mol. The number of furan rings is 1. The molecule has 4 aromatic rings. The lowest BCUT2D eigenvalue weighted by molar-refractivity contribution is 0.0935. The van der Waals surface area contributed by atoms with Gasteiger partial charge >= 0.3 is 0 Å². The number of anilines is 1. The van der Waals surface area contributed by atoms with Crippen molar-refractivity contribution < 1.29 is 26.8 Å². The highest BCUT2D eigenvalue weighted by atomic mass is 32.2. The van der Waals surface area contributed by atoms with Gasteiger partial charge < -0.3 is 14.5 Å². The van der Waals surface area contributed by atoms with Crippen LogP contribution in [0, 0.1) is 5.82 Å². The molecule has 0 spiro atoms. The van der Waals surface area contributed by atoms with Crippen molar-refractivity contribution >= 4 is 32.6 Å². The molecule has 0 radical (unpaired) electrons. The number of ether oxygens (including phenoxy) is 1. The van der Waals surface area contributed by atoms with Crippen LogP contribution in [0.1, 0.15) is 29.1 Å². The first-order valence-electron chi connectivity index (χ1n) is 10.0. The second kappa shape index (κ2) is 8.95. The van der Waals surface area contributed by atoms with Crippen molar-refractivity contribution in [1.82, 2.24) is 5.32 Å². The highest BCUT2D eigenvalue weighted by molar-refractivity contribution is 7.92. The van der Waals surface area contributed by atoms with Crippen LogP contribution in [-0.4, -0.2) is 21.4 Å². The molecule has 1 amide bonds. The van der Waals surface area contributed by atoms with Crippen LogP contribution in [0.3, 0.4) is 0 Å². The first kappa shape index (κ1) is 22.3. The van der Waals surface area contributed by atoms with Gasteiger partial charge in [-0.05, 0) is 55.5 Å². The Kier molecular flexibility index (Phi) is 6.06. The highest BCUT2D eigenvalue weighted by Crippen LogP contribution is 2.31. The molecule has 0 saturated carbocycles. The van der Waals surface area contributed by atoms with Crippen LogP contribution in [0.25, 0.3) is 11.0 Å². The number of nitrogens with one attached hydrogen (secondary N) is 2. The van der Waals surface area contributed by atoms with Gasteiger partial charge in [0.1, 0.15) is 11.6 Å². The summed E-state index contributed by atoms with van der Waals surface area (Å²) >= 11 is 0. The molecule has 0 fully saturated rings. The minimum Gasteiger partial charge on any atom is -0.493 e. The van der Waals surface area contributed by atoms with Gasteiger partial charge in [-0.1, -0.05) is 24.3 Å². The maximum atomic E-state index is 13.8. The zero-order valence-electron chi connectivity index (χ0n) is 17.8. The van der Waals surface area contributed by atoms with Crippen LogP contribution >= 0.6 is 0 Å². The number of carbonyl (C=O) groups is 1. The summed E-state index contributed by atoms with van der Waals surface area (Å²) in [6.07, 6.45) is 0. The van der Waals surface area contributed by atoms with E-state index in [1.54, 1.807) is 20.1 Å². The average Bonchev–Trinajstić information content (AvgIpc) is 3.25. The standard InChI is InChI=1S/C24H21FN2O5S/c1-15(22-14-17-6-5-9-21(31-2)23(17)32-22)26-24(28)16-10-12-18(13-11-16)33(29,30)27-20-8-4-3-7-19(20)25/h3-15,27H,1-2H3,(H,26,28). The minimum atomic E-state index is -4.01. The summed E-state index contributed by atoms with van der Waals surface area (Å²) in [6, 6.07) is 17.7. The van der Waals surface area contributed by atoms with Gasteiger partial charge in [0, 0.05) is 10.9 Å². The molecule has 1 heterocycles. The van der Waals surface area contributed by atoms with Crippen LogP contribution < -0.4 is 14.8 Å². The van der Waals surface area contributed by atoms with E-state index in [2.05, 4.69) is 10.0 Å². The molecule has 3 aromatic carbocycles. The first-order valence-corrected chi connectivity index (χ1v) is 11.5. The Morgan fingerprint density at radius 1 is 1.03 bits per heavy atom. The summed E-state index contributed by atoms with van der Waals surface area (Å²) in [6.45, 7) is 1.78. The van der Waals surface area contributed by atoms with E-state index in [4.69, 9.17) is 9.15 Å². The van der Waals surface area contributed by atoms with Gasteiger partial charge in [0.25, 0.3) is 15.9 Å². The van der Waals surface area contributed by atoms with Crippen LogP contribution in [0.5, 0.6) is 5.75 Å². The monoisotopic (exact) mass is 468 g/mol. The van der Waals surface area contributed by atoms with Gasteiger partial charge in [0.15, 0.2) is 11.3 Å². The molecule has 1 atom stereocenters. The molecule has 0 aliphatic carbocycles. The number of fused-ring (bicyclic) bond motifs is 1. The topological polar surface area (TPSA) is 97.6 Å². The normalized spacial score (nSPS) is 12.3. The Labute approximate surface area is 190 Å². The zero-order chi connectivity index (χ0) is 23.6. The third-order valence-electron chi connectivity index (χ3n) is 5.07. The van der Waals surface area contributed by atoms with Gasteiger partial charge in [-0.2, -0.15) is 0 Å². The number of carbonyl (C=O) groups excluding carboxylic acids is 1. The third kappa shape index (κ3) is 4.68. The number of hydrogen-bond donors (Lipinski definition) is 2. The SMILES string of the molecule is COc1cccc2cc(C(C)NC(=O)c3ccc(S(=O)(=O)Nc4ccccc4F)cc3)oc12. The maximum Gasteiger partial charge on any atom is 0.261 e. The Hall–Kier alpha value is -3.85. The molecule has 9 heteroatoms. The number of hydrogen-bond acceptors (Lipinski definition) is 5. The molecule has 170 valence electrons. The summed E-state index contributed by atoms with van der Waals surface area (Å²) in [5.74, 6) is 0.0596. The fourth-order valence-corrected chi connectivity index (χ4v) is 4.38. The Morgan fingerprint density at radius 2 is 1.76 bits per heavy atom. The van der Waals surface area contributed by atoms with E-state index in [1.807, 2.05) is 18.2 Å². The molecule has 0 aliphatic rings. The Balaban J connectivity index is 1.47. The van der Waals surface area contributed by atoms with Crippen LogP contribution in [0.2, 0.25) is 0 Å². The summed E-state index contributed by atoms with van der Waals surface area (Å²) in [7, 11) is -2.46. The first-order chi connectivity index (χ1) is 15.8. The summed E-state index contributed by atoms with van der Waals surface area (Å²) < 4.78 is 52.2. The second-order valence-electron chi connectivity index (χ2n) is 7.33. The molecular weight excluding hydrogens is 447 g/mol. The van der Waals surface area contributed by atoms with Crippen molar-refractivity contribution in [3.8, 4) is 5.75 Å². The molecule has 0 bridgehead atoms. The summed E-state index contributed by atoms with van der Waals surface area (Å²) in [4.78, 5) is 12.6. The quantitative estimate of drug-likeness (QED) is 0.403. The van der Waals surface area contributed by atoms with Crippen molar-refractivity contribution in [3.05, 3.63) is 89.9 Å². The zero-order valence-corrected chi connectivity index (χ0v) is 18.6. The van der Waals surface area contributed by atoms with Crippen molar-refractivity contribution in [2.45, 2.75) is 17.9 Å². The van der Waals surface area contributed by atoms with E-state index in [-0.39, 0.29) is 16.1 Å². The molecule has 1 unspecified atom stereocenters. The van der Waals surface area contributed by atoms with Crippen molar-refractivity contribution in [3.63, 3.8) is 0 Å². The third-order valence-corrected chi connectivity index (χ3v) is 6.45. The molecule has 7 nitrogen and oxygen atoms in total. The van der Waals surface area contributed by atoms with Crippen LogP contribution in [0.4, 0.5) is 10.1 Å². The minimum absolute atomic E-state index is 0.0975. The summed E-state index contributed by atoms with van der Waals surface area (Å²) in [5, 5.41) is 3.68. The molecule has 1 aromatic heterocycles. The lowest BCUT2D eigenvalue weighted by atomic mass is 10.1. The number of amides is 1. The van der Waals surface area contributed by atoms with Crippen molar-refractivity contribution in [1.29, 1.82) is 0 Å². The lowest BCUT2D eigenvalue weighted by Crippen LogP contribution is -2.26. The van der Waals surface area contributed by atoms with E-state index < -0.39 is 27.8 Å². The van der Waals surface area contributed by atoms with Gasteiger partial charge in [-0.25, -0.2) is 12.8 Å². The molecule has 0 aliphatic heterocycles. The fraction of sp³-hybridized carbons (Fsp3) is 0.125. The number of methoxy groups -OCH3 is 1. The second-order valence-corrected chi connectivity index (χ2v) is 9.01. The summed E-state index contributed by atoms with van der Waals surface area (Å²) in [5.41, 5.74) is 0.698. The largest absolute Gasteiger partial charge is 0.493 e. The van der Waals surface area contributed by atoms with Crippen molar-refractivity contribution in [2.24, 2.45) is 0 Å². The maximum absolute atomic E-state index is 13.8. The Morgan fingerprint density at radius 3 is 2.45 bits per heavy atom. The number of rotatable bonds is 7. The molecular formula is C24H21FN2O5S. The van der Waals surface area contributed by atoms with E-state index in [1.165, 1.54) is 42.5 Å². The fourth-order valence-electron chi connectivity index (χ4n) is 3.31. The van der Waals surface area contributed by atoms with Crippen LogP contribution in [0.15, 0.2) is 82.1 Å². The van der Waals surface area contributed by atoms with Gasteiger partial charge in [-0.3, -0.25) is 9.52 Å². The number of para-hydroxylation sites is 2. The highest BCUT2D eigenvalue weighted by Gasteiger charge is 2.19. The molecule has 2 N–H and O–H groups in total. The van der Waals surface area contributed by atoms with E-state index >= 15 is 0 Å². The predicted octanol–water partition coefficient (Wildman–Crippen LogP) is 4.87. The van der Waals surface area contributed by atoms with E-state index in [0.29, 0.717) is 17.1 Å². The van der Waals surface area contributed by atoms with E-state index in [0.717, 1.165) is 11.5 Å². The lowest BCUT2D eigenvalue weighted by Gasteiger charge is -2.12. The van der Waals surface area contributed by atoms with Crippen LogP contribution in [-0.2, 0) is 10.0 Å². The van der Waals surface area contributed by atoms with Gasteiger partial charge in [0.05, 0.1) is 23.7 Å². The van der Waals surface area contributed by atoms with E-state index in [9.17, 15) is 17.6 Å². The average molecular weight is 469 g/mol. The number of sulfonamides is 1. The number of benzene rings is 3. The Bertz CT molecular complexity index is 1410. The smallest absolute Gasteiger partial charge is 0.261 e. The molecule has 0 saturated heterocycles. The van der Waals surface area contributed by atoms with Crippen molar-refractivity contribution in [2.75, 3.05) is 11.8 Å². The molecule has 33 heavy (non-hydrogen) atoms.